The number of terminal acetylenes is 1. The summed E-state index contributed by atoms with van der Waals surface area (Å²) in [5, 5.41) is 14.0. The third-order valence-corrected chi connectivity index (χ3v) is 2.68. The van der Waals surface area contributed by atoms with Gasteiger partial charge in [0, 0.05) is 18.7 Å². The highest BCUT2D eigenvalue weighted by molar-refractivity contribution is 5.91. The van der Waals surface area contributed by atoms with E-state index in [4.69, 9.17) is 16.3 Å². The van der Waals surface area contributed by atoms with Gasteiger partial charge in [0.15, 0.2) is 0 Å². The second-order valence-electron chi connectivity index (χ2n) is 4.50. The summed E-state index contributed by atoms with van der Waals surface area (Å²) in [5.41, 5.74) is 0.332. The lowest BCUT2D eigenvalue weighted by molar-refractivity contribution is 0.245. The van der Waals surface area contributed by atoms with Gasteiger partial charge in [0.25, 0.3) is 0 Å². The van der Waals surface area contributed by atoms with Gasteiger partial charge in [-0.1, -0.05) is 5.92 Å². The smallest absolute Gasteiger partial charge is 0.319 e. The van der Waals surface area contributed by atoms with Crippen LogP contribution in [0.15, 0.2) is 18.2 Å². The molecular weight excluding hydrogens is 275 g/mol. The molecule has 1 aromatic rings. The van der Waals surface area contributed by atoms with Crippen LogP contribution in [0.2, 0.25) is 0 Å². The first-order chi connectivity index (χ1) is 10.1. The first-order valence-corrected chi connectivity index (χ1v) is 6.61. The quantitative estimate of drug-likeness (QED) is 0.675. The summed E-state index contributed by atoms with van der Waals surface area (Å²) in [6.45, 7) is 1.89. The van der Waals surface area contributed by atoms with Crippen molar-refractivity contribution in [2.45, 2.75) is 25.8 Å². The number of benzene rings is 1. The minimum atomic E-state index is -0.482. The van der Waals surface area contributed by atoms with Gasteiger partial charge in [0.2, 0.25) is 0 Å². The van der Waals surface area contributed by atoms with Crippen molar-refractivity contribution in [3.8, 4) is 18.1 Å². The molecule has 0 heterocycles. The average Bonchev–Trinajstić information content (AvgIpc) is 2.45. The van der Waals surface area contributed by atoms with E-state index < -0.39 is 11.8 Å². The third kappa shape index (κ3) is 6.15. The Bertz CT molecular complexity index is 514. The first-order valence-electron chi connectivity index (χ1n) is 6.61. The van der Waals surface area contributed by atoms with Crippen LogP contribution < -0.4 is 15.4 Å². The molecule has 0 spiro atoms. The fourth-order valence-corrected chi connectivity index (χ4v) is 1.69. The Morgan fingerprint density at radius 2 is 2.33 bits per heavy atom. The molecule has 0 bridgehead atoms. The summed E-state index contributed by atoms with van der Waals surface area (Å²) in [7, 11) is 0. The number of anilines is 1. The lowest BCUT2D eigenvalue weighted by Crippen LogP contribution is -2.36. The minimum absolute atomic E-state index is 0.0212. The third-order valence-electron chi connectivity index (χ3n) is 2.68. The summed E-state index contributed by atoms with van der Waals surface area (Å²) < 4.78 is 18.4. The molecule has 0 aliphatic rings. The van der Waals surface area contributed by atoms with Crippen LogP contribution in [0, 0.1) is 18.2 Å². The van der Waals surface area contributed by atoms with Crippen molar-refractivity contribution in [2.24, 2.45) is 0 Å². The topological polar surface area (TPSA) is 70.6 Å². The van der Waals surface area contributed by atoms with Crippen LogP contribution in [0.1, 0.15) is 19.8 Å². The first kappa shape index (κ1) is 16.8. The summed E-state index contributed by atoms with van der Waals surface area (Å²) in [6.07, 6.45) is 6.36. The minimum Gasteiger partial charge on any atom is -0.479 e. The number of aliphatic hydroxyl groups excluding tert-OH is 1. The molecule has 6 heteroatoms. The highest BCUT2D eigenvalue weighted by atomic mass is 19.1. The highest BCUT2D eigenvalue weighted by Gasteiger charge is 2.11. The summed E-state index contributed by atoms with van der Waals surface area (Å²) in [6, 6.07) is 3.25. The zero-order valence-corrected chi connectivity index (χ0v) is 11.9. The monoisotopic (exact) mass is 294 g/mol. The van der Waals surface area contributed by atoms with Crippen LogP contribution in [0.5, 0.6) is 5.75 Å². The largest absolute Gasteiger partial charge is 0.479 e. The number of rotatable bonds is 7. The Morgan fingerprint density at radius 3 is 3.00 bits per heavy atom. The number of hydrogen-bond donors (Lipinski definition) is 3. The van der Waals surface area contributed by atoms with E-state index in [1.165, 1.54) is 12.1 Å². The summed E-state index contributed by atoms with van der Waals surface area (Å²) >= 11 is 0. The molecule has 2 amide bonds. The number of aliphatic hydroxyl groups is 1. The molecule has 0 aliphatic heterocycles. The van der Waals surface area contributed by atoms with Gasteiger partial charge in [-0.2, -0.15) is 0 Å². The van der Waals surface area contributed by atoms with Crippen LogP contribution in [0.25, 0.3) is 0 Å². The molecular formula is C15H19FN2O3. The molecule has 0 saturated carbocycles. The van der Waals surface area contributed by atoms with Crippen molar-refractivity contribution in [3.63, 3.8) is 0 Å². The maximum Gasteiger partial charge on any atom is 0.319 e. The standard InChI is InChI=1S/C15H19FN2O3/c1-3-9-21-14-10-12(16)6-7-13(14)18-15(20)17-11(2)5-4-8-19/h1,6-7,10-11,19H,4-5,8-9H2,2H3,(H2,17,18,20). The number of hydrogen-bond acceptors (Lipinski definition) is 3. The zero-order chi connectivity index (χ0) is 15.7. The highest BCUT2D eigenvalue weighted by Crippen LogP contribution is 2.25. The van der Waals surface area contributed by atoms with E-state index in [0.29, 0.717) is 18.5 Å². The lowest BCUT2D eigenvalue weighted by atomic mass is 10.2. The Hall–Kier alpha value is -2.26. The second-order valence-corrected chi connectivity index (χ2v) is 4.50. The Kier molecular flexibility index (Phi) is 7.05. The van der Waals surface area contributed by atoms with Crippen LogP contribution in [0.3, 0.4) is 0 Å². The fourth-order valence-electron chi connectivity index (χ4n) is 1.69. The molecule has 3 N–H and O–H groups in total. The molecule has 21 heavy (non-hydrogen) atoms. The van der Waals surface area contributed by atoms with Gasteiger partial charge in [-0.15, -0.1) is 6.42 Å². The van der Waals surface area contributed by atoms with Crippen molar-refractivity contribution < 1.29 is 19.0 Å². The van der Waals surface area contributed by atoms with Crippen molar-refractivity contribution in [2.75, 3.05) is 18.5 Å². The van der Waals surface area contributed by atoms with Gasteiger partial charge in [-0.25, -0.2) is 9.18 Å². The number of amides is 2. The van der Waals surface area contributed by atoms with Gasteiger partial charge in [-0.3, -0.25) is 0 Å². The predicted molar refractivity (Wildman–Crippen MR) is 78.7 cm³/mol. The Morgan fingerprint density at radius 1 is 1.57 bits per heavy atom. The Labute approximate surface area is 123 Å². The van der Waals surface area contributed by atoms with E-state index in [0.717, 1.165) is 6.07 Å². The van der Waals surface area contributed by atoms with Gasteiger partial charge < -0.3 is 20.5 Å². The number of urea groups is 1. The molecule has 5 nitrogen and oxygen atoms in total. The molecule has 0 saturated heterocycles. The van der Waals surface area contributed by atoms with E-state index >= 15 is 0 Å². The molecule has 1 unspecified atom stereocenters. The molecule has 0 aliphatic carbocycles. The lowest BCUT2D eigenvalue weighted by Gasteiger charge is -2.15. The molecule has 1 rings (SSSR count). The van der Waals surface area contributed by atoms with Gasteiger partial charge in [-0.05, 0) is 31.9 Å². The van der Waals surface area contributed by atoms with Crippen molar-refractivity contribution in [3.05, 3.63) is 24.0 Å². The summed E-state index contributed by atoms with van der Waals surface area (Å²) in [5.74, 6) is 1.97. The maximum atomic E-state index is 13.2. The van der Waals surface area contributed by atoms with E-state index in [1.807, 2.05) is 6.92 Å². The van der Waals surface area contributed by atoms with Crippen LogP contribution in [-0.4, -0.2) is 30.4 Å². The van der Waals surface area contributed by atoms with Crippen LogP contribution >= 0.6 is 0 Å². The summed E-state index contributed by atoms with van der Waals surface area (Å²) in [4.78, 5) is 11.8. The Balaban J connectivity index is 2.64. The predicted octanol–water partition coefficient (Wildman–Crippen LogP) is 2.12. The van der Waals surface area contributed by atoms with Crippen LogP contribution in [0.4, 0.5) is 14.9 Å². The fraction of sp³-hybridized carbons (Fsp3) is 0.400. The molecule has 0 radical (unpaired) electrons. The molecule has 1 aromatic carbocycles. The number of carbonyl (C=O) groups is 1. The molecule has 114 valence electrons. The van der Waals surface area contributed by atoms with Gasteiger partial charge in [0.05, 0.1) is 5.69 Å². The van der Waals surface area contributed by atoms with E-state index in [1.54, 1.807) is 0 Å². The normalized spacial score (nSPS) is 11.3. The van der Waals surface area contributed by atoms with E-state index in [9.17, 15) is 9.18 Å². The SMILES string of the molecule is C#CCOc1cc(F)ccc1NC(=O)NC(C)CCCO. The van der Waals surface area contributed by atoms with Crippen molar-refractivity contribution in [1.29, 1.82) is 0 Å². The zero-order valence-electron chi connectivity index (χ0n) is 11.9. The number of carbonyl (C=O) groups excluding carboxylic acids is 1. The number of ether oxygens (including phenoxy) is 1. The van der Waals surface area contributed by atoms with E-state index in [2.05, 4.69) is 16.6 Å². The van der Waals surface area contributed by atoms with Crippen LogP contribution in [-0.2, 0) is 0 Å². The van der Waals surface area contributed by atoms with Crippen molar-refractivity contribution >= 4 is 11.7 Å². The maximum absolute atomic E-state index is 13.2. The van der Waals surface area contributed by atoms with Crippen molar-refractivity contribution in [1.82, 2.24) is 5.32 Å². The van der Waals surface area contributed by atoms with Gasteiger partial charge >= 0.3 is 6.03 Å². The number of halogens is 1. The second kappa shape index (κ2) is 8.82. The molecule has 1 atom stereocenters. The average molecular weight is 294 g/mol. The van der Waals surface area contributed by atoms with E-state index in [-0.39, 0.29) is 25.0 Å². The van der Waals surface area contributed by atoms with Gasteiger partial charge in [0.1, 0.15) is 18.2 Å². The molecule has 0 fully saturated rings. The number of nitrogens with one attached hydrogen (secondary N) is 2. The molecule has 0 aromatic heterocycles.